The van der Waals surface area contributed by atoms with Crippen LogP contribution in [0.15, 0.2) is 66.8 Å². The lowest BCUT2D eigenvalue weighted by Crippen LogP contribution is -2.16. The van der Waals surface area contributed by atoms with Crippen LogP contribution >= 0.6 is 0 Å². The summed E-state index contributed by atoms with van der Waals surface area (Å²) in [7, 11) is 1.71. The molecule has 1 N–H and O–H groups in total. The summed E-state index contributed by atoms with van der Waals surface area (Å²) in [4.78, 5) is 9.41. The molecule has 38 heavy (non-hydrogen) atoms. The molecule has 3 rings (SSSR count). The molecule has 3 heteroatoms. The van der Waals surface area contributed by atoms with E-state index in [9.17, 15) is 9.90 Å². The highest BCUT2D eigenvalue weighted by molar-refractivity contribution is 5.71. The van der Waals surface area contributed by atoms with Crippen molar-refractivity contribution in [1.29, 1.82) is 0 Å². The number of ether oxygens (including phenoxy) is 1. The molecule has 1 aliphatic rings. The van der Waals surface area contributed by atoms with E-state index in [1.54, 1.807) is 14.0 Å². The van der Waals surface area contributed by atoms with E-state index in [0.29, 0.717) is 18.1 Å². The van der Waals surface area contributed by atoms with Crippen LogP contribution in [0, 0.1) is 11.8 Å². The molecule has 3 unspecified atom stereocenters. The lowest BCUT2D eigenvalue weighted by atomic mass is 9.83. The van der Waals surface area contributed by atoms with Gasteiger partial charge in [0, 0.05) is 19.6 Å². The first-order valence-corrected chi connectivity index (χ1v) is 14.6. The maximum atomic E-state index is 9.63. The van der Waals surface area contributed by atoms with Crippen LogP contribution in [-0.4, -0.2) is 31.7 Å². The molecule has 0 radical (unpaired) electrons. The highest BCUT2D eigenvalue weighted by atomic mass is 16.5. The van der Waals surface area contributed by atoms with Gasteiger partial charge < -0.3 is 9.84 Å². The first-order chi connectivity index (χ1) is 18.4. The first kappa shape index (κ1) is 31.7. The summed E-state index contributed by atoms with van der Waals surface area (Å²) < 4.78 is 5.27. The second kappa shape index (κ2) is 17.9. The van der Waals surface area contributed by atoms with Crippen molar-refractivity contribution in [2.45, 2.75) is 84.5 Å². The molecular formula is C35H50O3. The number of hydrogen-bond donors (Lipinski definition) is 1. The molecule has 3 nitrogen and oxygen atoms in total. The van der Waals surface area contributed by atoms with E-state index in [0.717, 1.165) is 25.0 Å². The summed E-state index contributed by atoms with van der Waals surface area (Å²) in [6.45, 7) is 10.3. The minimum Gasteiger partial charge on any atom is -0.396 e. The Morgan fingerprint density at radius 1 is 1.05 bits per heavy atom. The summed E-state index contributed by atoms with van der Waals surface area (Å²) in [6, 6.07) is 18.2. The van der Waals surface area contributed by atoms with Crippen molar-refractivity contribution in [3.05, 3.63) is 77.9 Å². The second-order valence-electron chi connectivity index (χ2n) is 10.9. The summed E-state index contributed by atoms with van der Waals surface area (Å²) in [5, 5.41) is 9.63. The van der Waals surface area contributed by atoms with Gasteiger partial charge in [-0.1, -0.05) is 101 Å². The van der Waals surface area contributed by atoms with Gasteiger partial charge in [0.1, 0.15) is 6.29 Å². The van der Waals surface area contributed by atoms with Gasteiger partial charge in [-0.25, -0.2) is 0 Å². The van der Waals surface area contributed by atoms with Crippen molar-refractivity contribution in [1.82, 2.24) is 0 Å². The van der Waals surface area contributed by atoms with Crippen LogP contribution in [-0.2, 0) is 9.53 Å². The van der Waals surface area contributed by atoms with Crippen molar-refractivity contribution < 1.29 is 14.6 Å². The largest absolute Gasteiger partial charge is 0.396 e. The number of carbonyl (C=O) groups excluding carboxylic acids is 1. The molecule has 0 spiro atoms. The lowest BCUT2D eigenvalue weighted by Gasteiger charge is -2.22. The maximum Gasteiger partial charge on any atom is 0.145 e. The number of rotatable bonds is 14. The van der Waals surface area contributed by atoms with Crippen LogP contribution < -0.4 is 0 Å². The van der Waals surface area contributed by atoms with E-state index in [1.807, 2.05) is 0 Å². The molecule has 0 bridgehead atoms. The molecular weight excluding hydrogens is 468 g/mol. The molecule has 0 saturated heterocycles. The average Bonchev–Trinajstić information content (AvgIpc) is 2.96. The first-order valence-electron chi connectivity index (χ1n) is 14.6. The molecule has 2 aromatic rings. The van der Waals surface area contributed by atoms with Gasteiger partial charge in [0.05, 0.1) is 6.61 Å². The van der Waals surface area contributed by atoms with Crippen LogP contribution in [0.3, 0.4) is 0 Å². The number of aliphatic hydroxyl groups is 1. The molecule has 0 amide bonds. The number of methoxy groups -OCH3 is 1. The summed E-state index contributed by atoms with van der Waals surface area (Å²) in [5.74, 6) is 1.55. The molecule has 0 saturated carbocycles. The fourth-order valence-corrected chi connectivity index (χ4v) is 5.29. The zero-order chi connectivity index (χ0) is 27.8. The minimum atomic E-state index is 0.185. The van der Waals surface area contributed by atoms with Crippen LogP contribution in [0.4, 0.5) is 0 Å². The number of allylic oxidation sites excluding steroid dienone is 3. The van der Waals surface area contributed by atoms with Gasteiger partial charge >= 0.3 is 0 Å². The Kier molecular flexibility index (Phi) is 15.0. The standard InChI is InChI=1S/C31H44O2.C4H6O/c1-4-6-7-8-24-9-11-28(12-10-24)29-17-19-31(20-18-29)30-15-13-27(14-16-30)26(5-2)21-25(22-32)23-33-3;1-4(2)3-5/h11,13-20,24-26,32H,4-10,12,21-23H2,1-3H3;3H,1H2,2H3. The highest BCUT2D eigenvalue weighted by Crippen LogP contribution is 2.34. The van der Waals surface area contributed by atoms with E-state index in [-0.39, 0.29) is 12.5 Å². The van der Waals surface area contributed by atoms with E-state index < -0.39 is 0 Å². The zero-order valence-corrected chi connectivity index (χ0v) is 24.3. The van der Waals surface area contributed by atoms with Crippen molar-refractivity contribution in [2.75, 3.05) is 20.3 Å². The third-order valence-corrected chi connectivity index (χ3v) is 7.68. The molecule has 1 aliphatic carbocycles. The van der Waals surface area contributed by atoms with Crippen LogP contribution in [0.2, 0.25) is 0 Å². The SMILES string of the molecule is C=C(C)C=O.CCCCCC1CC=C(c2ccc(-c3ccc(C(CC)CC(CO)COC)cc3)cc2)CC1. The summed E-state index contributed by atoms with van der Waals surface area (Å²) in [6.07, 6.45) is 14.6. The van der Waals surface area contributed by atoms with E-state index in [1.165, 1.54) is 72.8 Å². The van der Waals surface area contributed by atoms with Crippen LogP contribution in [0.1, 0.15) is 95.6 Å². The Balaban J connectivity index is 0.000000926. The molecule has 0 heterocycles. The predicted molar refractivity (Wildman–Crippen MR) is 162 cm³/mol. The minimum absolute atomic E-state index is 0.185. The zero-order valence-electron chi connectivity index (χ0n) is 24.3. The summed E-state index contributed by atoms with van der Waals surface area (Å²) in [5.41, 5.74) is 7.40. The molecule has 2 aromatic carbocycles. The normalized spacial score (nSPS) is 16.6. The average molecular weight is 519 g/mol. The van der Waals surface area contributed by atoms with Gasteiger partial charge in [-0.2, -0.15) is 0 Å². The molecule has 0 fully saturated rings. The number of aldehydes is 1. The Labute approximate surface area is 232 Å². The van der Waals surface area contributed by atoms with Gasteiger partial charge in [0.25, 0.3) is 0 Å². The third-order valence-electron chi connectivity index (χ3n) is 7.68. The van der Waals surface area contributed by atoms with E-state index >= 15 is 0 Å². The maximum absolute atomic E-state index is 9.63. The van der Waals surface area contributed by atoms with Crippen LogP contribution in [0.5, 0.6) is 0 Å². The van der Waals surface area contributed by atoms with Crippen molar-refractivity contribution in [2.24, 2.45) is 11.8 Å². The number of aliphatic hydroxyl groups excluding tert-OH is 1. The monoisotopic (exact) mass is 518 g/mol. The Morgan fingerprint density at radius 2 is 1.66 bits per heavy atom. The van der Waals surface area contributed by atoms with Gasteiger partial charge in [-0.05, 0) is 84.3 Å². The van der Waals surface area contributed by atoms with Gasteiger partial charge in [0.2, 0.25) is 0 Å². The predicted octanol–water partition coefficient (Wildman–Crippen LogP) is 9.02. The quantitative estimate of drug-likeness (QED) is 0.154. The van der Waals surface area contributed by atoms with E-state index in [4.69, 9.17) is 4.74 Å². The van der Waals surface area contributed by atoms with Crippen LogP contribution in [0.25, 0.3) is 16.7 Å². The van der Waals surface area contributed by atoms with Gasteiger partial charge in [-0.3, -0.25) is 4.79 Å². The summed E-state index contributed by atoms with van der Waals surface area (Å²) >= 11 is 0. The van der Waals surface area contributed by atoms with Crippen molar-refractivity contribution >= 4 is 11.9 Å². The van der Waals surface area contributed by atoms with Crippen molar-refractivity contribution in [3.8, 4) is 11.1 Å². The number of carbonyl (C=O) groups is 1. The van der Waals surface area contributed by atoms with Crippen molar-refractivity contribution in [3.63, 3.8) is 0 Å². The van der Waals surface area contributed by atoms with E-state index in [2.05, 4.69) is 75.0 Å². The number of benzene rings is 2. The van der Waals surface area contributed by atoms with Gasteiger partial charge in [-0.15, -0.1) is 0 Å². The Bertz CT molecular complexity index is 971. The number of unbranched alkanes of at least 4 members (excludes halogenated alkanes) is 2. The molecule has 0 aliphatic heterocycles. The lowest BCUT2D eigenvalue weighted by molar-refractivity contribution is -0.104. The fourth-order valence-electron chi connectivity index (χ4n) is 5.29. The highest BCUT2D eigenvalue weighted by Gasteiger charge is 2.17. The second-order valence-corrected chi connectivity index (χ2v) is 10.9. The third kappa shape index (κ3) is 10.7. The topological polar surface area (TPSA) is 46.5 Å². The molecule has 0 aromatic heterocycles. The molecule has 208 valence electrons. The fraction of sp³-hybridized carbons (Fsp3) is 0.514. The molecule has 3 atom stereocenters. The smallest absolute Gasteiger partial charge is 0.145 e. The Hall–Kier alpha value is -2.49. The van der Waals surface area contributed by atoms with Gasteiger partial charge in [0.15, 0.2) is 0 Å². The number of hydrogen-bond acceptors (Lipinski definition) is 3. The Morgan fingerprint density at radius 3 is 2.13 bits per heavy atom.